The second kappa shape index (κ2) is 7.33. The minimum atomic E-state index is -0.153. The summed E-state index contributed by atoms with van der Waals surface area (Å²) in [5, 5.41) is 7.84. The van der Waals surface area contributed by atoms with Crippen molar-refractivity contribution in [3.05, 3.63) is 83.9 Å². The van der Waals surface area contributed by atoms with Crippen molar-refractivity contribution in [1.29, 1.82) is 0 Å². The highest BCUT2D eigenvalue weighted by Gasteiger charge is 2.14. The van der Waals surface area contributed by atoms with E-state index in [9.17, 15) is 4.79 Å². The number of benzene rings is 3. The summed E-state index contributed by atoms with van der Waals surface area (Å²) in [6.07, 6.45) is 0. The van der Waals surface area contributed by atoms with Crippen LogP contribution in [0.4, 0.5) is 0 Å². The number of rotatable bonds is 5. The number of carbonyl (C=O) groups is 1. The lowest BCUT2D eigenvalue weighted by Gasteiger charge is -2.07. The minimum absolute atomic E-state index is 0.153. The summed E-state index contributed by atoms with van der Waals surface area (Å²) in [5.41, 5.74) is 3.18. The molecule has 27 heavy (non-hydrogen) atoms. The van der Waals surface area contributed by atoms with Crippen LogP contribution in [-0.2, 0) is 6.54 Å². The third-order valence-corrected chi connectivity index (χ3v) is 4.36. The Hall–Kier alpha value is -3.60. The van der Waals surface area contributed by atoms with Crippen LogP contribution in [0.3, 0.4) is 0 Å². The standard InChI is InChI=1S/C22H18N2O3/c1-26-18-9-5-6-15(12-18)14-23-22(25)17-10-11-20-19(13-17)21(27-24-20)16-7-3-2-4-8-16/h2-13H,14H2,1H3,(H,23,25). The van der Waals surface area contributed by atoms with E-state index in [1.165, 1.54) is 0 Å². The van der Waals surface area contributed by atoms with Crippen molar-refractivity contribution in [2.45, 2.75) is 6.54 Å². The Morgan fingerprint density at radius 2 is 1.89 bits per heavy atom. The maximum absolute atomic E-state index is 12.6. The predicted molar refractivity (Wildman–Crippen MR) is 104 cm³/mol. The molecule has 0 unspecified atom stereocenters. The second-order valence-corrected chi connectivity index (χ2v) is 6.14. The SMILES string of the molecule is COc1cccc(CNC(=O)c2ccc3noc(-c4ccccc4)c3c2)c1. The molecule has 0 atom stereocenters. The second-order valence-electron chi connectivity index (χ2n) is 6.14. The summed E-state index contributed by atoms with van der Waals surface area (Å²) >= 11 is 0. The van der Waals surface area contributed by atoms with E-state index in [1.807, 2.05) is 60.7 Å². The maximum atomic E-state index is 12.6. The van der Waals surface area contributed by atoms with Crippen LogP contribution in [0.15, 0.2) is 77.3 Å². The number of carbonyl (C=O) groups excluding carboxylic acids is 1. The molecule has 0 bridgehead atoms. The van der Waals surface area contributed by atoms with E-state index in [0.29, 0.717) is 17.9 Å². The van der Waals surface area contributed by atoms with Crippen molar-refractivity contribution in [3.8, 4) is 17.1 Å². The largest absolute Gasteiger partial charge is 0.497 e. The van der Waals surface area contributed by atoms with Gasteiger partial charge in [-0.25, -0.2) is 0 Å². The molecule has 1 amide bonds. The van der Waals surface area contributed by atoms with Crippen LogP contribution in [0.1, 0.15) is 15.9 Å². The summed E-state index contributed by atoms with van der Waals surface area (Å²) in [5.74, 6) is 1.27. The molecule has 0 aliphatic rings. The van der Waals surface area contributed by atoms with Gasteiger partial charge < -0.3 is 14.6 Å². The fourth-order valence-corrected chi connectivity index (χ4v) is 2.95. The number of hydrogen-bond donors (Lipinski definition) is 1. The molecule has 0 aliphatic heterocycles. The van der Waals surface area contributed by atoms with E-state index >= 15 is 0 Å². The summed E-state index contributed by atoms with van der Waals surface area (Å²) in [7, 11) is 1.62. The first-order valence-corrected chi connectivity index (χ1v) is 8.60. The first kappa shape index (κ1) is 16.8. The molecular weight excluding hydrogens is 340 g/mol. The lowest BCUT2D eigenvalue weighted by molar-refractivity contribution is 0.0951. The average molecular weight is 358 g/mol. The van der Waals surface area contributed by atoms with Gasteiger partial charge in [-0.05, 0) is 35.9 Å². The van der Waals surface area contributed by atoms with Crippen LogP contribution in [0.5, 0.6) is 5.75 Å². The first-order chi connectivity index (χ1) is 13.2. The van der Waals surface area contributed by atoms with Crippen molar-refractivity contribution in [3.63, 3.8) is 0 Å². The van der Waals surface area contributed by atoms with Gasteiger partial charge >= 0.3 is 0 Å². The van der Waals surface area contributed by atoms with Gasteiger partial charge in [0.1, 0.15) is 11.3 Å². The molecule has 1 heterocycles. The van der Waals surface area contributed by atoms with E-state index in [1.54, 1.807) is 19.2 Å². The molecule has 4 rings (SSSR count). The zero-order valence-corrected chi connectivity index (χ0v) is 14.8. The Morgan fingerprint density at radius 3 is 2.70 bits per heavy atom. The van der Waals surface area contributed by atoms with Crippen LogP contribution in [-0.4, -0.2) is 18.2 Å². The number of nitrogens with one attached hydrogen (secondary N) is 1. The molecule has 0 fully saturated rings. The Bertz CT molecular complexity index is 1090. The summed E-state index contributed by atoms with van der Waals surface area (Å²) in [6.45, 7) is 0.420. The number of fused-ring (bicyclic) bond motifs is 1. The van der Waals surface area contributed by atoms with Crippen molar-refractivity contribution < 1.29 is 14.1 Å². The van der Waals surface area contributed by atoms with E-state index < -0.39 is 0 Å². The topological polar surface area (TPSA) is 64.4 Å². The number of aromatic nitrogens is 1. The van der Waals surface area contributed by atoms with Gasteiger partial charge in [-0.3, -0.25) is 4.79 Å². The monoisotopic (exact) mass is 358 g/mol. The molecule has 0 aliphatic carbocycles. The molecule has 4 aromatic rings. The van der Waals surface area contributed by atoms with Crippen LogP contribution in [0, 0.1) is 0 Å². The molecule has 5 nitrogen and oxygen atoms in total. The normalized spacial score (nSPS) is 10.7. The van der Waals surface area contributed by atoms with Crippen molar-refractivity contribution in [2.24, 2.45) is 0 Å². The zero-order valence-electron chi connectivity index (χ0n) is 14.8. The highest BCUT2D eigenvalue weighted by Crippen LogP contribution is 2.29. The maximum Gasteiger partial charge on any atom is 0.251 e. The van der Waals surface area contributed by atoms with Crippen LogP contribution >= 0.6 is 0 Å². The Morgan fingerprint density at radius 1 is 1.04 bits per heavy atom. The zero-order chi connectivity index (χ0) is 18.6. The first-order valence-electron chi connectivity index (χ1n) is 8.60. The van der Waals surface area contributed by atoms with Crippen molar-refractivity contribution >= 4 is 16.8 Å². The van der Waals surface area contributed by atoms with Gasteiger partial charge in [0.2, 0.25) is 0 Å². The molecule has 1 N–H and O–H groups in total. The van der Waals surface area contributed by atoms with Gasteiger partial charge in [0.25, 0.3) is 5.91 Å². The number of hydrogen-bond acceptors (Lipinski definition) is 4. The minimum Gasteiger partial charge on any atom is -0.497 e. The van der Waals surface area contributed by atoms with Gasteiger partial charge in [0.05, 0.1) is 12.5 Å². The Labute approximate surface area is 156 Å². The fourth-order valence-electron chi connectivity index (χ4n) is 2.95. The molecule has 0 spiro atoms. The average Bonchev–Trinajstić information content (AvgIpc) is 3.16. The molecule has 3 aromatic carbocycles. The number of nitrogens with zero attached hydrogens (tertiary/aromatic N) is 1. The van der Waals surface area contributed by atoms with E-state index in [0.717, 1.165) is 27.8 Å². The quantitative estimate of drug-likeness (QED) is 0.573. The van der Waals surface area contributed by atoms with Crippen molar-refractivity contribution in [2.75, 3.05) is 7.11 Å². The van der Waals surface area contributed by atoms with Gasteiger partial charge in [-0.15, -0.1) is 0 Å². The van der Waals surface area contributed by atoms with Crippen LogP contribution in [0.2, 0.25) is 0 Å². The molecular formula is C22H18N2O3. The molecule has 0 radical (unpaired) electrons. The third kappa shape index (κ3) is 3.53. The lowest BCUT2D eigenvalue weighted by atomic mass is 10.1. The summed E-state index contributed by atoms with van der Waals surface area (Å²) in [4.78, 5) is 12.6. The molecule has 0 saturated heterocycles. The highest BCUT2D eigenvalue weighted by molar-refractivity contribution is 6.00. The summed E-state index contributed by atoms with van der Waals surface area (Å²) in [6, 6.07) is 22.7. The smallest absolute Gasteiger partial charge is 0.251 e. The van der Waals surface area contributed by atoms with Crippen LogP contribution < -0.4 is 10.1 Å². The molecule has 134 valence electrons. The van der Waals surface area contributed by atoms with E-state index in [-0.39, 0.29) is 5.91 Å². The predicted octanol–water partition coefficient (Wildman–Crippen LogP) is 4.43. The van der Waals surface area contributed by atoms with Gasteiger partial charge in [-0.2, -0.15) is 0 Å². The third-order valence-electron chi connectivity index (χ3n) is 4.36. The lowest BCUT2D eigenvalue weighted by Crippen LogP contribution is -2.22. The van der Waals surface area contributed by atoms with Crippen LogP contribution in [0.25, 0.3) is 22.2 Å². The number of amides is 1. The van der Waals surface area contributed by atoms with Gasteiger partial charge in [0.15, 0.2) is 5.76 Å². The van der Waals surface area contributed by atoms with E-state index in [4.69, 9.17) is 9.26 Å². The Kier molecular flexibility index (Phi) is 4.58. The molecule has 0 saturated carbocycles. The van der Waals surface area contributed by atoms with Gasteiger partial charge in [0, 0.05) is 17.7 Å². The molecule has 1 aromatic heterocycles. The Balaban J connectivity index is 1.57. The fraction of sp³-hybridized carbons (Fsp3) is 0.0909. The van der Waals surface area contributed by atoms with Gasteiger partial charge in [-0.1, -0.05) is 47.6 Å². The number of methoxy groups -OCH3 is 1. The summed E-state index contributed by atoms with van der Waals surface area (Å²) < 4.78 is 10.7. The van der Waals surface area contributed by atoms with Crippen molar-refractivity contribution in [1.82, 2.24) is 10.5 Å². The van der Waals surface area contributed by atoms with E-state index in [2.05, 4.69) is 10.5 Å². The number of ether oxygens (including phenoxy) is 1. The highest BCUT2D eigenvalue weighted by atomic mass is 16.5. The molecule has 5 heteroatoms.